The number of hydrogen-bond donors (Lipinski definition) is 3. The van der Waals surface area contributed by atoms with Crippen molar-refractivity contribution >= 4 is 11.8 Å². The summed E-state index contributed by atoms with van der Waals surface area (Å²) in [5.41, 5.74) is -0.211. The van der Waals surface area contributed by atoms with Crippen LogP contribution in [0.1, 0.15) is 40.0 Å². The molecule has 1 rings (SSSR count). The number of ether oxygens (including phenoxy) is 1. The van der Waals surface area contributed by atoms with E-state index in [4.69, 9.17) is 4.74 Å². The van der Waals surface area contributed by atoms with Crippen LogP contribution < -0.4 is 16.0 Å². The van der Waals surface area contributed by atoms with Crippen LogP contribution in [0.15, 0.2) is 0 Å². The van der Waals surface area contributed by atoms with Gasteiger partial charge in [0.2, 0.25) is 11.8 Å². The molecule has 1 aliphatic rings. The first-order valence-corrected chi connectivity index (χ1v) is 7.25. The molecule has 0 unspecified atom stereocenters. The van der Waals surface area contributed by atoms with Crippen molar-refractivity contribution in [2.75, 3.05) is 26.3 Å². The lowest BCUT2D eigenvalue weighted by Crippen LogP contribution is -2.44. The smallest absolute Gasteiger partial charge is 0.234 e. The van der Waals surface area contributed by atoms with Gasteiger partial charge in [-0.2, -0.15) is 0 Å². The van der Waals surface area contributed by atoms with Gasteiger partial charge in [0.1, 0.15) is 0 Å². The molecule has 20 heavy (non-hydrogen) atoms. The fourth-order valence-corrected chi connectivity index (χ4v) is 2.01. The summed E-state index contributed by atoms with van der Waals surface area (Å²) >= 11 is 0. The van der Waals surface area contributed by atoms with Gasteiger partial charge in [-0.15, -0.1) is 0 Å². The predicted molar refractivity (Wildman–Crippen MR) is 77.4 cm³/mol. The van der Waals surface area contributed by atoms with Gasteiger partial charge in [-0.05, 0) is 33.6 Å². The van der Waals surface area contributed by atoms with Crippen molar-refractivity contribution in [3.05, 3.63) is 0 Å². The third-order valence-corrected chi connectivity index (χ3v) is 2.92. The standard InChI is InChI=1S/C14H27N3O3/c1-14(2,3)17-12(18)4-7-15-10-13(19)16-11-5-8-20-9-6-11/h11,15H,4-10H2,1-3H3,(H,16,19)(H,17,18). The summed E-state index contributed by atoms with van der Waals surface area (Å²) in [6.07, 6.45) is 2.13. The van der Waals surface area contributed by atoms with Crippen molar-refractivity contribution in [1.29, 1.82) is 0 Å². The highest BCUT2D eigenvalue weighted by Crippen LogP contribution is 2.05. The van der Waals surface area contributed by atoms with Crippen LogP contribution >= 0.6 is 0 Å². The molecule has 1 heterocycles. The summed E-state index contributed by atoms with van der Waals surface area (Å²) < 4.78 is 5.23. The van der Waals surface area contributed by atoms with Crippen molar-refractivity contribution in [3.8, 4) is 0 Å². The minimum absolute atomic E-state index is 0.00478. The highest BCUT2D eigenvalue weighted by atomic mass is 16.5. The summed E-state index contributed by atoms with van der Waals surface area (Å²) in [4.78, 5) is 23.2. The molecule has 6 nitrogen and oxygen atoms in total. The van der Waals surface area contributed by atoms with Gasteiger partial charge in [0.05, 0.1) is 6.54 Å². The molecule has 0 atom stereocenters. The Morgan fingerprint density at radius 3 is 2.40 bits per heavy atom. The zero-order chi connectivity index (χ0) is 15.0. The van der Waals surface area contributed by atoms with E-state index in [9.17, 15) is 9.59 Å². The number of rotatable bonds is 6. The lowest BCUT2D eigenvalue weighted by atomic mass is 10.1. The molecule has 6 heteroatoms. The Balaban J connectivity index is 2.05. The lowest BCUT2D eigenvalue weighted by molar-refractivity contribution is -0.123. The number of carbonyl (C=O) groups is 2. The topological polar surface area (TPSA) is 79.5 Å². The van der Waals surface area contributed by atoms with Gasteiger partial charge in [-0.1, -0.05) is 0 Å². The number of hydrogen-bond acceptors (Lipinski definition) is 4. The van der Waals surface area contributed by atoms with Crippen LogP contribution in [0.4, 0.5) is 0 Å². The molecule has 3 N–H and O–H groups in total. The van der Waals surface area contributed by atoms with Crippen LogP contribution in [0.3, 0.4) is 0 Å². The Kier molecular flexibility index (Phi) is 6.95. The molecule has 2 amide bonds. The summed E-state index contributed by atoms with van der Waals surface area (Å²) in [6.45, 7) is 8.01. The second-order valence-corrected chi connectivity index (χ2v) is 6.18. The maximum Gasteiger partial charge on any atom is 0.234 e. The quantitative estimate of drug-likeness (QED) is 0.608. The zero-order valence-corrected chi connectivity index (χ0v) is 12.8. The van der Waals surface area contributed by atoms with Gasteiger partial charge >= 0.3 is 0 Å². The van der Waals surface area contributed by atoms with E-state index in [2.05, 4.69) is 16.0 Å². The Bertz CT molecular complexity index is 320. The van der Waals surface area contributed by atoms with Gasteiger partial charge in [0.25, 0.3) is 0 Å². The summed E-state index contributed by atoms with van der Waals surface area (Å²) in [5, 5.41) is 8.83. The van der Waals surface area contributed by atoms with E-state index >= 15 is 0 Å². The number of carbonyl (C=O) groups excluding carboxylic acids is 2. The predicted octanol–water partition coefficient (Wildman–Crippen LogP) is 0.176. The summed E-state index contributed by atoms with van der Waals surface area (Å²) in [7, 11) is 0. The second kappa shape index (κ2) is 8.21. The molecule has 0 spiro atoms. The molecule has 116 valence electrons. The van der Waals surface area contributed by atoms with Crippen LogP contribution in [0, 0.1) is 0 Å². The second-order valence-electron chi connectivity index (χ2n) is 6.18. The van der Waals surface area contributed by atoms with E-state index in [0.717, 1.165) is 12.8 Å². The molecular weight excluding hydrogens is 258 g/mol. The largest absolute Gasteiger partial charge is 0.381 e. The van der Waals surface area contributed by atoms with Crippen LogP contribution in [-0.2, 0) is 14.3 Å². The monoisotopic (exact) mass is 285 g/mol. The molecule has 0 radical (unpaired) electrons. The molecule has 1 saturated heterocycles. The third kappa shape index (κ3) is 8.12. The molecule has 0 saturated carbocycles. The molecule has 0 aliphatic carbocycles. The Labute approximate surface area is 121 Å². The summed E-state index contributed by atoms with van der Waals surface area (Å²) in [6, 6.07) is 0.224. The highest BCUT2D eigenvalue weighted by molar-refractivity contribution is 5.79. The van der Waals surface area contributed by atoms with Crippen LogP contribution in [-0.4, -0.2) is 49.7 Å². The van der Waals surface area contributed by atoms with Crippen molar-refractivity contribution < 1.29 is 14.3 Å². The third-order valence-electron chi connectivity index (χ3n) is 2.92. The van der Waals surface area contributed by atoms with E-state index in [1.165, 1.54) is 0 Å². The first-order chi connectivity index (χ1) is 9.37. The fraction of sp³-hybridized carbons (Fsp3) is 0.857. The van der Waals surface area contributed by atoms with E-state index in [-0.39, 0.29) is 29.9 Å². The average Bonchev–Trinajstić information content (AvgIpc) is 2.34. The van der Waals surface area contributed by atoms with Gasteiger partial charge in [-0.3, -0.25) is 9.59 Å². The fourth-order valence-electron chi connectivity index (χ4n) is 2.01. The van der Waals surface area contributed by atoms with Gasteiger partial charge in [0.15, 0.2) is 0 Å². The van der Waals surface area contributed by atoms with E-state index in [1.54, 1.807) is 0 Å². The minimum atomic E-state index is -0.211. The molecule has 0 aromatic rings. The number of nitrogens with one attached hydrogen (secondary N) is 3. The van der Waals surface area contributed by atoms with E-state index < -0.39 is 0 Å². The Morgan fingerprint density at radius 1 is 1.15 bits per heavy atom. The first-order valence-electron chi connectivity index (χ1n) is 7.25. The lowest BCUT2D eigenvalue weighted by Gasteiger charge is -2.23. The van der Waals surface area contributed by atoms with Gasteiger partial charge in [-0.25, -0.2) is 0 Å². The van der Waals surface area contributed by atoms with Crippen LogP contribution in [0.2, 0.25) is 0 Å². The molecule has 1 fully saturated rings. The molecule has 0 aromatic heterocycles. The Morgan fingerprint density at radius 2 is 1.80 bits per heavy atom. The molecule has 1 aliphatic heterocycles. The van der Waals surface area contributed by atoms with Crippen molar-refractivity contribution in [1.82, 2.24) is 16.0 Å². The molecule has 0 aromatic carbocycles. The average molecular weight is 285 g/mol. The number of amides is 2. The van der Waals surface area contributed by atoms with Crippen molar-refractivity contribution in [2.45, 2.75) is 51.6 Å². The maximum atomic E-state index is 11.7. The van der Waals surface area contributed by atoms with Crippen molar-refractivity contribution in [2.24, 2.45) is 0 Å². The van der Waals surface area contributed by atoms with Crippen LogP contribution in [0.25, 0.3) is 0 Å². The maximum absolute atomic E-state index is 11.7. The SMILES string of the molecule is CC(C)(C)NC(=O)CCNCC(=O)NC1CCOCC1. The highest BCUT2D eigenvalue weighted by Gasteiger charge is 2.16. The van der Waals surface area contributed by atoms with E-state index in [0.29, 0.717) is 26.2 Å². The Hall–Kier alpha value is -1.14. The molecular formula is C14H27N3O3. The van der Waals surface area contributed by atoms with Crippen LogP contribution in [0.5, 0.6) is 0 Å². The molecule has 0 bridgehead atoms. The normalized spacial score (nSPS) is 16.8. The van der Waals surface area contributed by atoms with Gasteiger partial charge < -0.3 is 20.7 Å². The summed E-state index contributed by atoms with van der Waals surface area (Å²) in [5.74, 6) is -0.0250. The van der Waals surface area contributed by atoms with Crippen molar-refractivity contribution in [3.63, 3.8) is 0 Å². The zero-order valence-electron chi connectivity index (χ0n) is 12.8. The first kappa shape index (κ1) is 16.9. The van der Waals surface area contributed by atoms with Gasteiger partial charge in [0, 0.05) is 37.8 Å². The van der Waals surface area contributed by atoms with E-state index in [1.807, 2.05) is 20.8 Å². The minimum Gasteiger partial charge on any atom is -0.381 e.